The molecule has 3 atom stereocenters. The highest BCUT2D eigenvalue weighted by Gasteiger charge is 2.44. The maximum atomic E-state index is 13.5. The predicted octanol–water partition coefficient (Wildman–Crippen LogP) is 6.75. The van der Waals surface area contributed by atoms with Gasteiger partial charge in [-0.25, -0.2) is 4.98 Å². The number of nitrogens with two attached hydrogens (primary N) is 1. The topological polar surface area (TPSA) is 94.8 Å². The summed E-state index contributed by atoms with van der Waals surface area (Å²) in [5, 5.41) is 3.10. The molecule has 1 saturated carbocycles. The lowest BCUT2D eigenvalue weighted by Gasteiger charge is -2.24. The third-order valence-corrected chi connectivity index (χ3v) is 9.34. The molecule has 1 heterocycles. The van der Waals surface area contributed by atoms with Crippen molar-refractivity contribution in [1.29, 1.82) is 0 Å². The quantitative estimate of drug-likeness (QED) is 0.218. The number of amides is 2. The Kier molecular flexibility index (Phi) is 10.7. The van der Waals surface area contributed by atoms with Crippen molar-refractivity contribution in [2.75, 3.05) is 20.7 Å². The molecule has 0 radical (unpaired) electrons. The Morgan fingerprint density at radius 2 is 1.98 bits per heavy atom. The SMILES string of the molecule is C=CCCCCN(C)C(=O)[C@@H]1C[C@H](O/C2=C/C(c3nc(C(C)C)cs3)=C(\C)CCc3cc(OC)ccc32)C[C@H]1C(N)=O. The molecule has 0 bridgehead atoms. The maximum absolute atomic E-state index is 13.5. The Morgan fingerprint density at radius 1 is 1.21 bits per heavy atom. The second-order valence-electron chi connectivity index (χ2n) is 11.8. The van der Waals surface area contributed by atoms with Crippen molar-refractivity contribution in [2.45, 2.75) is 77.7 Å². The van der Waals surface area contributed by atoms with Crippen LogP contribution in [0.5, 0.6) is 5.75 Å². The van der Waals surface area contributed by atoms with Gasteiger partial charge < -0.3 is 20.1 Å². The van der Waals surface area contributed by atoms with Crippen LogP contribution in [0.15, 0.2) is 47.9 Å². The summed E-state index contributed by atoms with van der Waals surface area (Å²) >= 11 is 1.65. The molecule has 1 fully saturated rings. The second-order valence-corrected chi connectivity index (χ2v) is 12.7. The minimum Gasteiger partial charge on any atom is -0.497 e. The van der Waals surface area contributed by atoms with Crippen LogP contribution in [-0.4, -0.2) is 48.5 Å². The standard InChI is InChI=1S/C34H45N3O4S/c1-7-8-9-10-15-37(5)34(39)29-18-25(17-28(29)32(35)38)41-31-19-27(33-36-30(20-42-33)21(2)3)22(4)11-12-23-16-24(40-6)13-14-26(23)31/h7,13-14,16,19-21,25,28-29H,1,8-12,15,17-18H2,2-6H3,(H2,35,38)/b27-22-,31-19+/t25-,28-,29-/m1/s1. The van der Waals surface area contributed by atoms with Gasteiger partial charge in [-0.1, -0.05) is 25.5 Å². The van der Waals surface area contributed by atoms with E-state index in [4.69, 9.17) is 20.2 Å². The number of aryl methyl sites for hydroxylation is 1. The zero-order valence-electron chi connectivity index (χ0n) is 25.7. The van der Waals surface area contributed by atoms with Gasteiger partial charge >= 0.3 is 0 Å². The molecule has 0 spiro atoms. The molecule has 2 aliphatic rings. The van der Waals surface area contributed by atoms with Crippen molar-refractivity contribution in [2.24, 2.45) is 17.6 Å². The average molecular weight is 592 g/mol. The van der Waals surface area contributed by atoms with E-state index in [-0.39, 0.29) is 12.0 Å². The monoisotopic (exact) mass is 591 g/mol. The van der Waals surface area contributed by atoms with E-state index in [2.05, 4.69) is 44.9 Å². The number of rotatable bonds is 12. The molecular formula is C34H45N3O4S. The lowest BCUT2D eigenvalue weighted by molar-refractivity contribution is -0.139. The molecule has 2 N–H and O–H groups in total. The highest BCUT2D eigenvalue weighted by atomic mass is 32.1. The number of carbonyl (C=O) groups excluding carboxylic acids is 2. The van der Waals surface area contributed by atoms with Crippen molar-refractivity contribution in [3.05, 3.63) is 69.7 Å². The predicted molar refractivity (Wildman–Crippen MR) is 170 cm³/mol. The Balaban J connectivity index is 1.65. The number of benzene rings is 1. The summed E-state index contributed by atoms with van der Waals surface area (Å²) < 4.78 is 12.3. The number of ether oxygens (including phenoxy) is 2. The van der Waals surface area contributed by atoms with Crippen LogP contribution < -0.4 is 10.5 Å². The van der Waals surface area contributed by atoms with Gasteiger partial charge in [0.15, 0.2) is 0 Å². The second kappa shape index (κ2) is 14.2. The first-order valence-corrected chi connectivity index (χ1v) is 15.9. The van der Waals surface area contributed by atoms with E-state index in [1.807, 2.05) is 25.3 Å². The lowest BCUT2D eigenvalue weighted by atomic mass is 9.92. The summed E-state index contributed by atoms with van der Waals surface area (Å²) in [7, 11) is 3.48. The van der Waals surface area contributed by atoms with Crippen LogP contribution in [0.25, 0.3) is 11.3 Å². The van der Waals surface area contributed by atoms with Crippen LogP contribution in [0.4, 0.5) is 0 Å². The third-order valence-electron chi connectivity index (χ3n) is 8.45. The van der Waals surface area contributed by atoms with Crippen molar-refractivity contribution < 1.29 is 19.1 Å². The Bertz CT molecular complexity index is 1360. The van der Waals surface area contributed by atoms with Crippen molar-refractivity contribution in [3.8, 4) is 5.75 Å². The van der Waals surface area contributed by atoms with Gasteiger partial charge in [-0.2, -0.15) is 0 Å². The fourth-order valence-corrected chi connectivity index (χ4v) is 6.91. The Labute approximate surface area is 254 Å². The van der Waals surface area contributed by atoms with E-state index < -0.39 is 17.7 Å². The molecular weight excluding hydrogens is 546 g/mol. The summed E-state index contributed by atoms with van der Waals surface area (Å²) in [6.07, 6.45) is 9.02. The van der Waals surface area contributed by atoms with Crippen LogP contribution in [0.2, 0.25) is 0 Å². The molecule has 226 valence electrons. The number of allylic oxidation sites excluding steroid dienone is 4. The van der Waals surface area contributed by atoms with Gasteiger partial charge in [0.2, 0.25) is 11.8 Å². The van der Waals surface area contributed by atoms with Gasteiger partial charge in [-0.3, -0.25) is 9.59 Å². The van der Waals surface area contributed by atoms with Gasteiger partial charge in [0, 0.05) is 30.1 Å². The van der Waals surface area contributed by atoms with Crippen LogP contribution in [0, 0.1) is 11.8 Å². The number of aromatic nitrogens is 1. The van der Waals surface area contributed by atoms with E-state index in [1.165, 1.54) is 5.57 Å². The first-order valence-electron chi connectivity index (χ1n) is 15.0. The number of unbranched alkanes of at least 4 members (excludes halogenated alkanes) is 2. The molecule has 1 aromatic heterocycles. The number of primary amides is 1. The number of hydrogen-bond donors (Lipinski definition) is 1. The molecule has 2 aliphatic carbocycles. The van der Waals surface area contributed by atoms with E-state index in [1.54, 1.807) is 23.3 Å². The van der Waals surface area contributed by atoms with Gasteiger partial charge in [0.05, 0.1) is 24.6 Å². The van der Waals surface area contributed by atoms with E-state index in [0.717, 1.165) is 71.0 Å². The minimum absolute atomic E-state index is 0.0410. The van der Waals surface area contributed by atoms with E-state index in [0.29, 0.717) is 25.3 Å². The van der Waals surface area contributed by atoms with Crippen LogP contribution in [-0.2, 0) is 20.7 Å². The molecule has 7 nitrogen and oxygen atoms in total. The van der Waals surface area contributed by atoms with Gasteiger partial charge in [0.25, 0.3) is 0 Å². The van der Waals surface area contributed by atoms with E-state index in [9.17, 15) is 9.59 Å². The zero-order valence-corrected chi connectivity index (χ0v) is 26.5. The smallest absolute Gasteiger partial charge is 0.226 e. The molecule has 8 heteroatoms. The summed E-state index contributed by atoms with van der Waals surface area (Å²) in [6.45, 7) is 10.9. The molecule has 0 saturated heterocycles. The van der Waals surface area contributed by atoms with Crippen molar-refractivity contribution in [1.82, 2.24) is 9.88 Å². The summed E-state index contributed by atoms with van der Waals surface area (Å²) in [6, 6.07) is 6.06. The third kappa shape index (κ3) is 7.33. The molecule has 4 rings (SSSR count). The summed E-state index contributed by atoms with van der Waals surface area (Å²) in [5.41, 5.74) is 11.4. The fourth-order valence-electron chi connectivity index (χ4n) is 5.84. The van der Waals surface area contributed by atoms with Gasteiger partial charge in [-0.15, -0.1) is 17.9 Å². The minimum atomic E-state index is -0.563. The van der Waals surface area contributed by atoms with Crippen molar-refractivity contribution >= 4 is 34.5 Å². The molecule has 42 heavy (non-hydrogen) atoms. The molecule has 0 aliphatic heterocycles. The zero-order chi connectivity index (χ0) is 30.4. The Morgan fingerprint density at radius 3 is 2.64 bits per heavy atom. The van der Waals surface area contributed by atoms with Gasteiger partial charge in [-0.05, 0) is 87.6 Å². The number of thiazole rings is 1. The first kappa shape index (κ1) is 31.5. The lowest BCUT2D eigenvalue weighted by Crippen LogP contribution is -2.39. The fraction of sp³-hybridized carbons (Fsp3) is 0.500. The van der Waals surface area contributed by atoms with E-state index >= 15 is 0 Å². The highest BCUT2D eigenvalue weighted by Crippen LogP contribution is 2.41. The van der Waals surface area contributed by atoms with Crippen LogP contribution >= 0.6 is 11.3 Å². The summed E-state index contributed by atoms with van der Waals surface area (Å²) in [5.74, 6) is 0.321. The number of nitrogens with zero attached hydrogens (tertiary/aromatic N) is 2. The Hall–Kier alpha value is -3.39. The largest absolute Gasteiger partial charge is 0.497 e. The number of carbonyl (C=O) groups is 2. The number of methoxy groups -OCH3 is 1. The number of hydrogen-bond acceptors (Lipinski definition) is 6. The number of fused-ring (bicyclic) bond motifs is 1. The molecule has 1 aromatic carbocycles. The van der Waals surface area contributed by atoms with Crippen molar-refractivity contribution in [3.63, 3.8) is 0 Å². The van der Waals surface area contributed by atoms with Gasteiger partial charge in [0.1, 0.15) is 22.6 Å². The average Bonchev–Trinajstić information content (AvgIpc) is 3.63. The molecule has 2 aromatic rings. The first-order chi connectivity index (χ1) is 20.1. The maximum Gasteiger partial charge on any atom is 0.226 e. The highest BCUT2D eigenvalue weighted by molar-refractivity contribution is 7.10. The molecule has 2 amide bonds. The van der Waals surface area contributed by atoms with Crippen LogP contribution in [0.1, 0.15) is 87.0 Å². The molecule has 0 unspecified atom stereocenters. The van der Waals surface area contributed by atoms with Crippen LogP contribution in [0.3, 0.4) is 0 Å². The normalized spacial score (nSPS) is 23.4. The summed E-state index contributed by atoms with van der Waals surface area (Å²) in [4.78, 5) is 32.7.